The number of halogens is 5. The summed E-state index contributed by atoms with van der Waals surface area (Å²) in [5.74, 6) is 0. The molecule has 0 bridgehead atoms. The second-order valence-electron chi connectivity index (χ2n) is 3.32. The van der Waals surface area contributed by atoms with Gasteiger partial charge in [0.1, 0.15) is 0 Å². The van der Waals surface area contributed by atoms with Gasteiger partial charge >= 0.3 is 6.18 Å². The van der Waals surface area contributed by atoms with Crippen LogP contribution in [-0.2, 0) is 12.6 Å². The van der Waals surface area contributed by atoms with Crippen molar-refractivity contribution in [3.05, 3.63) is 28.6 Å². The molecule has 0 unspecified atom stereocenters. The Labute approximate surface area is 93.7 Å². The molecular formula is C10H7F5N2. The first-order valence-electron chi connectivity index (χ1n) is 4.49. The van der Waals surface area contributed by atoms with Crippen LogP contribution in [0, 0.1) is 18.3 Å². The molecule has 0 saturated heterocycles. The number of alkyl halides is 5. The van der Waals surface area contributed by atoms with E-state index in [0.717, 1.165) is 6.20 Å². The fraction of sp³-hybridized carbons (Fsp3) is 0.400. The van der Waals surface area contributed by atoms with E-state index >= 15 is 0 Å². The highest BCUT2D eigenvalue weighted by Crippen LogP contribution is 2.37. The third kappa shape index (κ3) is 2.70. The maximum absolute atomic E-state index is 12.7. The molecule has 0 saturated carbocycles. The maximum atomic E-state index is 12.7. The summed E-state index contributed by atoms with van der Waals surface area (Å²) in [6.07, 6.45) is -7.93. The lowest BCUT2D eigenvalue weighted by molar-refractivity contribution is -0.143. The molecule has 0 amide bonds. The van der Waals surface area contributed by atoms with Gasteiger partial charge in [0.2, 0.25) is 0 Å². The van der Waals surface area contributed by atoms with E-state index < -0.39 is 30.3 Å². The van der Waals surface area contributed by atoms with Crippen molar-refractivity contribution in [2.45, 2.75) is 25.9 Å². The molecule has 0 aliphatic carbocycles. The van der Waals surface area contributed by atoms with Crippen LogP contribution in [0.4, 0.5) is 22.0 Å². The third-order valence-corrected chi connectivity index (χ3v) is 2.19. The predicted molar refractivity (Wildman–Crippen MR) is 48.3 cm³/mol. The number of hydrogen-bond donors (Lipinski definition) is 0. The molecule has 0 N–H and O–H groups in total. The third-order valence-electron chi connectivity index (χ3n) is 2.19. The van der Waals surface area contributed by atoms with Crippen LogP contribution in [0.15, 0.2) is 6.20 Å². The van der Waals surface area contributed by atoms with Gasteiger partial charge in [0.15, 0.2) is 5.69 Å². The molecule has 0 spiro atoms. The molecule has 0 aromatic carbocycles. The first-order chi connectivity index (χ1) is 7.79. The average molecular weight is 250 g/mol. The van der Waals surface area contributed by atoms with Gasteiger partial charge in [-0.1, -0.05) is 0 Å². The summed E-state index contributed by atoms with van der Waals surface area (Å²) in [5.41, 5.74) is -2.97. The number of aryl methyl sites for hydroxylation is 1. The maximum Gasteiger partial charge on any atom is 0.433 e. The molecule has 0 radical (unpaired) electrons. The number of nitriles is 1. The second kappa shape index (κ2) is 4.65. The van der Waals surface area contributed by atoms with Crippen LogP contribution in [0.25, 0.3) is 0 Å². The summed E-state index contributed by atoms with van der Waals surface area (Å²) >= 11 is 0. The van der Waals surface area contributed by atoms with Crippen LogP contribution in [0.3, 0.4) is 0 Å². The summed E-state index contributed by atoms with van der Waals surface area (Å²) in [6, 6.07) is 1.57. The van der Waals surface area contributed by atoms with Crippen molar-refractivity contribution in [3.63, 3.8) is 0 Å². The van der Waals surface area contributed by atoms with Gasteiger partial charge in [-0.3, -0.25) is 4.98 Å². The number of rotatable bonds is 2. The molecule has 0 aliphatic rings. The van der Waals surface area contributed by atoms with Crippen LogP contribution in [0.5, 0.6) is 0 Å². The molecule has 92 valence electrons. The van der Waals surface area contributed by atoms with Gasteiger partial charge in [-0.2, -0.15) is 18.4 Å². The van der Waals surface area contributed by atoms with Crippen molar-refractivity contribution >= 4 is 0 Å². The Balaban J connectivity index is 3.54. The second-order valence-corrected chi connectivity index (χ2v) is 3.32. The predicted octanol–water partition coefficient (Wildman–Crippen LogP) is 3.41. The van der Waals surface area contributed by atoms with E-state index in [-0.39, 0.29) is 11.1 Å². The molecule has 1 aromatic heterocycles. The molecular weight excluding hydrogens is 243 g/mol. The van der Waals surface area contributed by atoms with Crippen molar-refractivity contribution in [1.82, 2.24) is 4.98 Å². The summed E-state index contributed by atoms with van der Waals surface area (Å²) in [7, 11) is 0. The SMILES string of the molecule is Cc1cnc(C(F)(F)F)c(C(F)F)c1CC#N. The number of pyridine rings is 1. The van der Waals surface area contributed by atoms with Gasteiger partial charge < -0.3 is 0 Å². The Hall–Kier alpha value is -1.71. The zero-order valence-electron chi connectivity index (χ0n) is 8.65. The first-order valence-corrected chi connectivity index (χ1v) is 4.49. The van der Waals surface area contributed by atoms with Crippen molar-refractivity contribution < 1.29 is 22.0 Å². The van der Waals surface area contributed by atoms with Gasteiger partial charge in [0.25, 0.3) is 6.43 Å². The Kier molecular flexibility index (Phi) is 3.66. The van der Waals surface area contributed by atoms with Crippen molar-refractivity contribution in [2.75, 3.05) is 0 Å². The van der Waals surface area contributed by atoms with Crippen LogP contribution >= 0.6 is 0 Å². The quantitative estimate of drug-likeness (QED) is 0.754. The molecule has 1 aromatic rings. The Morgan fingerprint density at radius 2 is 2.00 bits per heavy atom. The number of hydrogen-bond acceptors (Lipinski definition) is 2. The smallest absolute Gasteiger partial charge is 0.251 e. The molecule has 1 rings (SSSR count). The lowest BCUT2D eigenvalue weighted by Gasteiger charge is -2.15. The molecule has 1 heterocycles. The minimum Gasteiger partial charge on any atom is -0.251 e. The number of aromatic nitrogens is 1. The molecule has 17 heavy (non-hydrogen) atoms. The van der Waals surface area contributed by atoms with E-state index in [1.165, 1.54) is 6.92 Å². The highest BCUT2D eigenvalue weighted by atomic mass is 19.4. The average Bonchev–Trinajstić information content (AvgIpc) is 2.18. The highest BCUT2D eigenvalue weighted by Gasteiger charge is 2.39. The molecule has 0 fully saturated rings. The normalized spacial score (nSPS) is 11.6. The zero-order chi connectivity index (χ0) is 13.2. The molecule has 0 aliphatic heterocycles. The fourth-order valence-corrected chi connectivity index (χ4v) is 1.44. The van der Waals surface area contributed by atoms with E-state index in [9.17, 15) is 22.0 Å². The summed E-state index contributed by atoms with van der Waals surface area (Å²) in [4.78, 5) is 3.00. The van der Waals surface area contributed by atoms with Gasteiger partial charge in [-0.15, -0.1) is 0 Å². The van der Waals surface area contributed by atoms with Crippen molar-refractivity contribution in [3.8, 4) is 6.07 Å². The molecule has 7 heteroatoms. The summed E-state index contributed by atoms with van der Waals surface area (Å²) < 4.78 is 62.8. The van der Waals surface area contributed by atoms with E-state index in [4.69, 9.17) is 5.26 Å². The first kappa shape index (κ1) is 13.4. The van der Waals surface area contributed by atoms with E-state index in [2.05, 4.69) is 4.98 Å². The Morgan fingerprint density at radius 1 is 1.41 bits per heavy atom. The summed E-state index contributed by atoms with van der Waals surface area (Å²) in [6.45, 7) is 1.34. The summed E-state index contributed by atoms with van der Waals surface area (Å²) in [5, 5.41) is 8.45. The lowest BCUT2D eigenvalue weighted by Crippen LogP contribution is -2.15. The van der Waals surface area contributed by atoms with Gasteiger partial charge in [0, 0.05) is 6.20 Å². The van der Waals surface area contributed by atoms with E-state index in [0.29, 0.717) is 0 Å². The van der Waals surface area contributed by atoms with Gasteiger partial charge in [-0.25, -0.2) is 8.78 Å². The monoisotopic (exact) mass is 250 g/mol. The Bertz CT molecular complexity index is 459. The lowest BCUT2D eigenvalue weighted by atomic mass is 9.99. The van der Waals surface area contributed by atoms with E-state index in [1.54, 1.807) is 6.07 Å². The largest absolute Gasteiger partial charge is 0.433 e. The zero-order valence-corrected chi connectivity index (χ0v) is 8.65. The van der Waals surface area contributed by atoms with Crippen LogP contribution in [0.1, 0.15) is 28.8 Å². The standard InChI is InChI=1S/C10H7F5N2/c1-5-4-17-8(10(13,14)15)7(9(11)12)6(5)2-3-16/h4,9H,2H2,1H3. The van der Waals surface area contributed by atoms with Gasteiger partial charge in [0.05, 0.1) is 18.1 Å². The van der Waals surface area contributed by atoms with Crippen LogP contribution in [-0.4, -0.2) is 4.98 Å². The highest BCUT2D eigenvalue weighted by molar-refractivity contribution is 5.39. The van der Waals surface area contributed by atoms with Crippen LogP contribution < -0.4 is 0 Å². The number of nitrogens with zero attached hydrogens (tertiary/aromatic N) is 2. The minimum absolute atomic E-state index is 0.148. The van der Waals surface area contributed by atoms with E-state index in [1.807, 2.05) is 0 Å². The van der Waals surface area contributed by atoms with Crippen LogP contribution in [0.2, 0.25) is 0 Å². The molecule has 2 nitrogen and oxygen atoms in total. The van der Waals surface area contributed by atoms with Crippen molar-refractivity contribution in [2.24, 2.45) is 0 Å². The molecule has 0 atom stereocenters. The fourth-order valence-electron chi connectivity index (χ4n) is 1.44. The topological polar surface area (TPSA) is 36.7 Å². The Morgan fingerprint density at radius 3 is 2.41 bits per heavy atom. The van der Waals surface area contributed by atoms with Gasteiger partial charge in [-0.05, 0) is 18.1 Å². The minimum atomic E-state index is -4.95. The van der Waals surface area contributed by atoms with Crippen molar-refractivity contribution in [1.29, 1.82) is 5.26 Å².